The number of ketones is 1. The molecule has 1 aliphatic heterocycles. The minimum atomic E-state index is -3.43. The van der Waals surface area contributed by atoms with E-state index < -0.39 is 10.0 Å². The van der Waals surface area contributed by atoms with Gasteiger partial charge in [0, 0.05) is 18.5 Å². The zero-order valence-electron chi connectivity index (χ0n) is 16.0. The molecule has 1 aliphatic rings. The number of hydrogen-bond donors (Lipinski definition) is 2. The summed E-state index contributed by atoms with van der Waals surface area (Å²) in [5.41, 5.74) is 1.81. The topological polar surface area (TPSA) is 86.7 Å². The van der Waals surface area contributed by atoms with Crippen molar-refractivity contribution < 1.29 is 18.3 Å². The summed E-state index contributed by atoms with van der Waals surface area (Å²) in [5, 5.41) is 10.2. The molecule has 0 atom stereocenters. The number of aromatic hydroxyl groups is 1. The molecule has 7 heteroatoms. The van der Waals surface area contributed by atoms with Crippen LogP contribution in [0, 0.1) is 5.92 Å². The first kappa shape index (κ1) is 20.4. The fourth-order valence-corrected chi connectivity index (χ4v) is 4.14. The standard InChI is InChI=1S/C21H26N2O4S/c1-28(26,27)22-18-7-8-19(20(24)15-18)21(25)17-10-13-23(14-11-17)12-9-16-5-3-2-4-6-16/h2-8,15,17,22,24H,9-14H2,1H3. The Morgan fingerprint density at radius 1 is 1.14 bits per heavy atom. The molecular formula is C21H26N2O4S. The number of likely N-dealkylation sites (tertiary alicyclic amines) is 1. The van der Waals surface area contributed by atoms with E-state index in [1.165, 1.54) is 23.8 Å². The number of benzene rings is 2. The van der Waals surface area contributed by atoms with Crippen molar-refractivity contribution in [2.24, 2.45) is 5.92 Å². The smallest absolute Gasteiger partial charge is 0.229 e. The Morgan fingerprint density at radius 3 is 2.43 bits per heavy atom. The number of Topliss-reactive ketones (excluding diaryl/α,β-unsaturated/α-hetero) is 1. The highest BCUT2D eigenvalue weighted by atomic mass is 32.2. The summed E-state index contributed by atoms with van der Waals surface area (Å²) in [6.07, 6.45) is 3.55. The second-order valence-electron chi connectivity index (χ2n) is 7.32. The molecule has 6 nitrogen and oxygen atoms in total. The second kappa shape index (κ2) is 8.75. The molecule has 1 fully saturated rings. The zero-order chi connectivity index (χ0) is 20.1. The molecule has 150 valence electrons. The van der Waals surface area contributed by atoms with E-state index in [0.29, 0.717) is 0 Å². The number of piperidine rings is 1. The molecule has 28 heavy (non-hydrogen) atoms. The van der Waals surface area contributed by atoms with E-state index >= 15 is 0 Å². The monoisotopic (exact) mass is 402 g/mol. The third-order valence-corrected chi connectivity index (χ3v) is 5.69. The van der Waals surface area contributed by atoms with E-state index in [4.69, 9.17) is 0 Å². The number of rotatable bonds is 7. The highest BCUT2D eigenvalue weighted by Crippen LogP contribution is 2.29. The van der Waals surface area contributed by atoms with Crippen molar-refractivity contribution in [3.8, 4) is 5.75 Å². The Kier molecular flexibility index (Phi) is 6.36. The zero-order valence-corrected chi connectivity index (χ0v) is 16.8. The van der Waals surface area contributed by atoms with Crippen LogP contribution in [-0.4, -0.2) is 50.1 Å². The largest absolute Gasteiger partial charge is 0.507 e. The predicted molar refractivity (Wildman–Crippen MR) is 110 cm³/mol. The maximum absolute atomic E-state index is 12.8. The van der Waals surface area contributed by atoms with Gasteiger partial charge in [-0.25, -0.2) is 8.42 Å². The maximum Gasteiger partial charge on any atom is 0.229 e. The molecule has 1 heterocycles. The number of carbonyl (C=O) groups is 1. The Hall–Kier alpha value is -2.38. The van der Waals surface area contributed by atoms with Gasteiger partial charge in [-0.1, -0.05) is 30.3 Å². The predicted octanol–water partition coefficient (Wildman–Crippen LogP) is 2.90. The lowest BCUT2D eigenvalue weighted by molar-refractivity contribution is 0.0838. The van der Waals surface area contributed by atoms with Crippen LogP contribution in [0.25, 0.3) is 0 Å². The lowest BCUT2D eigenvalue weighted by atomic mass is 9.88. The highest BCUT2D eigenvalue weighted by Gasteiger charge is 2.27. The molecule has 0 radical (unpaired) electrons. The van der Waals surface area contributed by atoms with Gasteiger partial charge in [-0.15, -0.1) is 0 Å². The lowest BCUT2D eigenvalue weighted by Crippen LogP contribution is -2.37. The molecule has 3 rings (SSSR count). The van der Waals surface area contributed by atoms with E-state index in [9.17, 15) is 18.3 Å². The van der Waals surface area contributed by atoms with Crippen molar-refractivity contribution in [1.82, 2.24) is 4.90 Å². The van der Waals surface area contributed by atoms with Crippen LogP contribution < -0.4 is 4.72 Å². The van der Waals surface area contributed by atoms with Crippen LogP contribution in [0.1, 0.15) is 28.8 Å². The van der Waals surface area contributed by atoms with E-state index in [-0.39, 0.29) is 28.7 Å². The van der Waals surface area contributed by atoms with Crippen molar-refractivity contribution >= 4 is 21.5 Å². The molecule has 0 aliphatic carbocycles. The Labute approximate surface area is 166 Å². The fraction of sp³-hybridized carbons (Fsp3) is 0.381. The summed E-state index contributed by atoms with van der Waals surface area (Å²) in [6, 6.07) is 14.6. The number of phenols is 1. The van der Waals surface area contributed by atoms with Gasteiger partial charge in [0.25, 0.3) is 0 Å². The van der Waals surface area contributed by atoms with Crippen LogP contribution in [0.2, 0.25) is 0 Å². The van der Waals surface area contributed by atoms with E-state index in [2.05, 4.69) is 21.8 Å². The average molecular weight is 403 g/mol. The van der Waals surface area contributed by atoms with E-state index in [1.54, 1.807) is 0 Å². The number of hydrogen-bond acceptors (Lipinski definition) is 5. The van der Waals surface area contributed by atoms with Crippen LogP contribution in [0.15, 0.2) is 48.5 Å². The number of carbonyl (C=O) groups excluding carboxylic acids is 1. The summed E-state index contributed by atoms with van der Waals surface area (Å²) in [7, 11) is -3.43. The molecule has 0 bridgehead atoms. The fourth-order valence-electron chi connectivity index (χ4n) is 3.59. The van der Waals surface area contributed by atoms with Crippen molar-refractivity contribution in [2.45, 2.75) is 19.3 Å². The third kappa shape index (κ3) is 5.56. The minimum Gasteiger partial charge on any atom is -0.507 e. The molecular weight excluding hydrogens is 376 g/mol. The van der Waals surface area contributed by atoms with Crippen LogP contribution >= 0.6 is 0 Å². The van der Waals surface area contributed by atoms with Gasteiger partial charge in [-0.05, 0) is 50.0 Å². The lowest BCUT2D eigenvalue weighted by Gasteiger charge is -2.31. The summed E-state index contributed by atoms with van der Waals surface area (Å²) in [6.45, 7) is 2.69. The SMILES string of the molecule is CS(=O)(=O)Nc1ccc(C(=O)C2CCN(CCc3ccccc3)CC2)c(O)c1. The van der Waals surface area contributed by atoms with Crippen molar-refractivity contribution in [2.75, 3.05) is 30.6 Å². The molecule has 0 spiro atoms. The maximum atomic E-state index is 12.8. The second-order valence-corrected chi connectivity index (χ2v) is 9.07. The quantitative estimate of drug-likeness (QED) is 0.696. The molecule has 0 saturated carbocycles. The van der Waals surface area contributed by atoms with Crippen LogP contribution in [0.5, 0.6) is 5.75 Å². The number of anilines is 1. The van der Waals surface area contributed by atoms with Gasteiger partial charge >= 0.3 is 0 Å². The summed E-state index contributed by atoms with van der Waals surface area (Å²) in [5.74, 6) is -0.385. The average Bonchev–Trinajstić information content (AvgIpc) is 2.66. The van der Waals surface area contributed by atoms with Crippen molar-refractivity contribution in [3.05, 3.63) is 59.7 Å². The number of nitrogens with one attached hydrogen (secondary N) is 1. The van der Waals surface area contributed by atoms with E-state index in [1.807, 2.05) is 18.2 Å². The van der Waals surface area contributed by atoms with Gasteiger partial charge in [0.2, 0.25) is 10.0 Å². The first-order valence-electron chi connectivity index (χ1n) is 9.43. The number of phenolic OH excluding ortho intramolecular Hbond substituents is 1. The van der Waals surface area contributed by atoms with Gasteiger partial charge in [0.05, 0.1) is 17.5 Å². The summed E-state index contributed by atoms with van der Waals surface area (Å²) < 4.78 is 24.9. The van der Waals surface area contributed by atoms with Gasteiger partial charge < -0.3 is 10.0 Å². The third-order valence-electron chi connectivity index (χ3n) is 5.08. The van der Waals surface area contributed by atoms with Gasteiger partial charge in [-0.3, -0.25) is 9.52 Å². The van der Waals surface area contributed by atoms with Crippen molar-refractivity contribution in [3.63, 3.8) is 0 Å². The molecule has 2 N–H and O–H groups in total. The summed E-state index contributed by atoms with van der Waals surface area (Å²) in [4.78, 5) is 15.2. The Balaban J connectivity index is 1.55. The van der Waals surface area contributed by atoms with Crippen LogP contribution in [0.3, 0.4) is 0 Å². The van der Waals surface area contributed by atoms with Gasteiger partial charge in [0.1, 0.15) is 5.75 Å². The van der Waals surface area contributed by atoms with Gasteiger partial charge in [0.15, 0.2) is 5.78 Å². The number of sulfonamides is 1. The molecule has 0 unspecified atom stereocenters. The molecule has 2 aromatic rings. The Bertz CT molecular complexity index is 921. The normalized spacial score (nSPS) is 16.0. The van der Waals surface area contributed by atoms with Gasteiger partial charge in [-0.2, -0.15) is 0 Å². The number of nitrogens with zero attached hydrogens (tertiary/aromatic N) is 1. The minimum absolute atomic E-state index is 0.0777. The molecule has 0 aromatic heterocycles. The Morgan fingerprint density at radius 2 is 1.82 bits per heavy atom. The summed E-state index contributed by atoms with van der Waals surface area (Å²) >= 11 is 0. The van der Waals surface area contributed by atoms with Crippen LogP contribution in [0.4, 0.5) is 5.69 Å². The van der Waals surface area contributed by atoms with E-state index in [0.717, 1.165) is 45.2 Å². The van der Waals surface area contributed by atoms with Crippen molar-refractivity contribution in [1.29, 1.82) is 0 Å². The van der Waals surface area contributed by atoms with Crippen LogP contribution in [-0.2, 0) is 16.4 Å². The molecule has 2 aromatic carbocycles. The first-order valence-corrected chi connectivity index (χ1v) is 11.3. The molecule has 0 amide bonds. The first-order chi connectivity index (χ1) is 13.3. The highest BCUT2D eigenvalue weighted by molar-refractivity contribution is 7.92. The molecule has 1 saturated heterocycles.